The van der Waals surface area contributed by atoms with Crippen LogP contribution in [0.15, 0.2) is 48.0 Å². The van der Waals surface area contributed by atoms with E-state index in [9.17, 15) is 9.90 Å². The summed E-state index contributed by atoms with van der Waals surface area (Å²) in [5.74, 6) is 0.670. The summed E-state index contributed by atoms with van der Waals surface area (Å²) in [5.41, 5.74) is 4.12. The predicted octanol–water partition coefficient (Wildman–Crippen LogP) is 4.02. The third-order valence-corrected chi connectivity index (χ3v) is 5.30. The maximum Gasteiger partial charge on any atom is 0.341 e. The summed E-state index contributed by atoms with van der Waals surface area (Å²) >= 11 is 0. The third kappa shape index (κ3) is 3.50. The molecule has 28 heavy (non-hydrogen) atoms. The number of hydrogen-bond donors (Lipinski definition) is 1. The summed E-state index contributed by atoms with van der Waals surface area (Å²) < 4.78 is 16.9. The molecule has 2 heterocycles. The molecule has 0 amide bonds. The van der Waals surface area contributed by atoms with Crippen LogP contribution in [0, 0.1) is 0 Å². The van der Waals surface area contributed by atoms with Gasteiger partial charge in [-0.05, 0) is 61.6 Å². The zero-order chi connectivity index (χ0) is 19.9. The fourth-order valence-corrected chi connectivity index (χ4v) is 3.81. The molecular weight excluding hydrogens is 356 g/mol. The normalized spacial score (nSPS) is 20.5. The second kappa shape index (κ2) is 6.99. The molecule has 0 unspecified atom stereocenters. The molecule has 0 saturated heterocycles. The van der Waals surface area contributed by atoms with Crippen molar-refractivity contribution in [2.24, 2.45) is 0 Å². The van der Waals surface area contributed by atoms with Crippen LogP contribution in [0.3, 0.4) is 0 Å². The second-order valence-corrected chi connectivity index (χ2v) is 7.90. The van der Waals surface area contributed by atoms with Gasteiger partial charge in [-0.25, -0.2) is 4.79 Å². The van der Waals surface area contributed by atoms with E-state index >= 15 is 0 Å². The van der Waals surface area contributed by atoms with E-state index < -0.39 is 12.3 Å². The van der Waals surface area contributed by atoms with Crippen molar-refractivity contribution in [1.29, 1.82) is 0 Å². The lowest BCUT2D eigenvalue weighted by Crippen LogP contribution is -2.32. The molecule has 0 aliphatic carbocycles. The van der Waals surface area contributed by atoms with Crippen LogP contribution in [0.1, 0.15) is 37.0 Å². The summed E-state index contributed by atoms with van der Waals surface area (Å²) in [6, 6.07) is 12.7. The minimum atomic E-state index is -0.706. The largest absolute Gasteiger partial charge is 0.508 e. The Hall–Kier alpha value is -2.79. The van der Waals surface area contributed by atoms with Gasteiger partial charge in [-0.15, -0.1) is 0 Å². The molecule has 2 aliphatic heterocycles. The number of carbonyl (C=O) groups excluding carboxylic acids is 1. The van der Waals surface area contributed by atoms with Crippen LogP contribution in [0.4, 0.5) is 0 Å². The number of rotatable bonds is 4. The molecule has 1 N–H and O–H groups in total. The van der Waals surface area contributed by atoms with Crippen molar-refractivity contribution in [2.75, 3.05) is 7.11 Å². The number of cyclic esters (lactones) is 1. The smallest absolute Gasteiger partial charge is 0.341 e. The molecule has 5 heteroatoms. The van der Waals surface area contributed by atoms with E-state index in [-0.39, 0.29) is 11.4 Å². The lowest BCUT2D eigenvalue weighted by atomic mass is 9.91. The van der Waals surface area contributed by atoms with Crippen LogP contribution in [-0.4, -0.2) is 30.1 Å². The van der Waals surface area contributed by atoms with Gasteiger partial charge in [0, 0.05) is 19.1 Å². The Morgan fingerprint density at radius 2 is 1.93 bits per heavy atom. The van der Waals surface area contributed by atoms with E-state index in [2.05, 4.69) is 19.9 Å². The van der Waals surface area contributed by atoms with E-state index in [0.29, 0.717) is 17.6 Å². The van der Waals surface area contributed by atoms with Crippen LogP contribution in [0.2, 0.25) is 0 Å². The van der Waals surface area contributed by atoms with Gasteiger partial charge in [-0.2, -0.15) is 0 Å². The zero-order valence-electron chi connectivity index (χ0n) is 16.3. The first-order chi connectivity index (χ1) is 13.4. The number of phenolic OH excluding ortho intramolecular Hbond substituents is 1. The Bertz CT molecular complexity index is 940. The highest BCUT2D eigenvalue weighted by Gasteiger charge is 2.35. The molecule has 0 bridgehead atoms. The minimum Gasteiger partial charge on any atom is -0.508 e. The number of benzene rings is 2. The fourth-order valence-electron chi connectivity index (χ4n) is 3.81. The van der Waals surface area contributed by atoms with Gasteiger partial charge in [0.1, 0.15) is 17.1 Å². The van der Waals surface area contributed by atoms with Crippen LogP contribution >= 0.6 is 0 Å². The van der Waals surface area contributed by atoms with Crippen molar-refractivity contribution >= 4 is 11.5 Å². The lowest BCUT2D eigenvalue weighted by molar-refractivity contribution is -0.154. The highest BCUT2D eigenvalue weighted by atomic mass is 16.7. The van der Waals surface area contributed by atoms with Gasteiger partial charge in [0.15, 0.2) is 0 Å². The summed E-state index contributed by atoms with van der Waals surface area (Å²) in [6.07, 6.45) is 1.76. The fraction of sp³-hybridized carbons (Fsp3) is 0.348. The predicted molar refractivity (Wildman–Crippen MR) is 105 cm³/mol. The van der Waals surface area contributed by atoms with Gasteiger partial charge in [0.05, 0.1) is 5.57 Å². The molecule has 2 aromatic rings. The molecule has 0 aromatic heterocycles. The monoisotopic (exact) mass is 380 g/mol. The standard InChI is InChI=1S/C23H24O5/c1-23(2)11-10-16-12-14(4-9-19(16)28-23)13-18-20(21(25)27-22(18)26-3)15-5-7-17(24)8-6-15/h4-9,12,22,24H,10-11,13H2,1-3H3/t22-/m1/s1. The van der Waals surface area contributed by atoms with Gasteiger partial charge >= 0.3 is 5.97 Å². The topological polar surface area (TPSA) is 65.0 Å². The average molecular weight is 380 g/mol. The first-order valence-corrected chi connectivity index (χ1v) is 9.43. The molecule has 0 radical (unpaired) electrons. The van der Waals surface area contributed by atoms with Crippen molar-refractivity contribution in [3.63, 3.8) is 0 Å². The SMILES string of the molecule is CO[C@@H]1OC(=O)C(c2ccc(O)cc2)=C1Cc1ccc2c(c1)CCC(C)(C)O2. The number of aromatic hydroxyl groups is 1. The number of aryl methyl sites for hydroxylation is 1. The summed E-state index contributed by atoms with van der Waals surface area (Å²) in [6.45, 7) is 4.20. The molecule has 4 rings (SSSR count). The lowest BCUT2D eigenvalue weighted by Gasteiger charge is -2.32. The Balaban J connectivity index is 1.69. The molecule has 2 aliphatic rings. The summed E-state index contributed by atoms with van der Waals surface area (Å²) in [5, 5.41) is 9.55. The van der Waals surface area contributed by atoms with Gasteiger partial charge in [0.25, 0.3) is 0 Å². The molecule has 0 fully saturated rings. The van der Waals surface area contributed by atoms with Gasteiger partial charge in [0.2, 0.25) is 6.29 Å². The zero-order valence-corrected chi connectivity index (χ0v) is 16.3. The molecule has 5 nitrogen and oxygen atoms in total. The number of carbonyl (C=O) groups is 1. The quantitative estimate of drug-likeness (QED) is 0.812. The third-order valence-electron chi connectivity index (χ3n) is 5.30. The van der Waals surface area contributed by atoms with E-state index in [1.807, 2.05) is 12.1 Å². The van der Waals surface area contributed by atoms with Crippen molar-refractivity contribution in [3.8, 4) is 11.5 Å². The van der Waals surface area contributed by atoms with Crippen molar-refractivity contribution in [2.45, 2.75) is 45.0 Å². The van der Waals surface area contributed by atoms with Crippen LogP contribution in [-0.2, 0) is 27.1 Å². The molecular formula is C23H24O5. The number of esters is 1. The Morgan fingerprint density at radius 1 is 1.18 bits per heavy atom. The molecule has 146 valence electrons. The maximum absolute atomic E-state index is 12.5. The summed E-state index contributed by atoms with van der Waals surface area (Å²) in [4.78, 5) is 12.5. The second-order valence-electron chi connectivity index (χ2n) is 7.90. The van der Waals surface area contributed by atoms with E-state index in [1.165, 1.54) is 12.7 Å². The molecule has 1 atom stereocenters. The molecule has 2 aromatic carbocycles. The number of phenols is 1. The molecule has 0 spiro atoms. The number of fused-ring (bicyclic) bond motifs is 1. The summed E-state index contributed by atoms with van der Waals surface area (Å²) in [7, 11) is 1.53. The maximum atomic E-state index is 12.5. The highest BCUT2D eigenvalue weighted by molar-refractivity contribution is 6.19. The first-order valence-electron chi connectivity index (χ1n) is 9.43. The van der Waals surface area contributed by atoms with Crippen molar-refractivity contribution in [3.05, 3.63) is 64.7 Å². The minimum absolute atomic E-state index is 0.143. The van der Waals surface area contributed by atoms with Crippen LogP contribution in [0.25, 0.3) is 5.57 Å². The van der Waals surface area contributed by atoms with Crippen LogP contribution in [0.5, 0.6) is 11.5 Å². The van der Waals surface area contributed by atoms with Gasteiger partial charge in [-0.3, -0.25) is 0 Å². The van der Waals surface area contributed by atoms with E-state index in [0.717, 1.165) is 29.7 Å². The van der Waals surface area contributed by atoms with Gasteiger partial charge in [-0.1, -0.05) is 24.3 Å². The van der Waals surface area contributed by atoms with E-state index in [4.69, 9.17) is 14.2 Å². The Kier molecular flexibility index (Phi) is 4.63. The Labute approximate surface area is 164 Å². The van der Waals surface area contributed by atoms with Crippen molar-refractivity contribution < 1.29 is 24.1 Å². The highest BCUT2D eigenvalue weighted by Crippen LogP contribution is 2.37. The number of hydrogen-bond acceptors (Lipinski definition) is 5. The molecule has 0 saturated carbocycles. The Morgan fingerprint density at radius 3 is 2.64 bits per heavy atom. The number of ether oxygens (including phenoxy) is 3. The first kappa shape index (κ1) is 18.6. The average Bonchev–Trinajstić information content (AvgIpc) is 2.97. The van der Waals surface area contributed by atoms with Crippen LogP contribution < -0.4 is 4.74 Å². The van der Waals surface area contributed by atoms with E-state index in [1.54, 1.807) is 24.3 Å². The van der Waals surface area contributed by atoms with Crippen molar-refractivity contribution in [1.82, 2.24) is 0 Å². The number of methoxy groups -OCH3 is 1. The van der Waals surface area contributed by atoms with Gasteiger partial charge < -0.3 is 19.3 Å².